The Morgan fingerprint density at radius 3 is 2.33 bits per heavy atom. The van der Waals surface area contributed by atoms with E-state index in [1.165, 1.54) is 19.1 Å². The fraction of sp³-hybridized carbons (Fsp3) is 0.839. The van der Waals surface area contributed by atoms with Gasteiger partial charge in [-0.05, 0) is 57.3 Å². The molecule has 8 heteroatoms. The van der Waals surface area contributed by atoms with E-state index in [9.17, 15) is 4.79 Å². The minimum Gasteiger partial charge on any atom is -0.534 e. The van der Waals surface area contributed by atoms with Crippen LogP contribution in [0.3, 0.4) is 0 Å². The molecule has 4 unspecified atom stereocenters. The summed E-state index contributed by atoms with van der Waals surface area (Å²) in [5, 5.41) is 0. The van der Waals surface area contributed by atoms with Gasteiger partial charge in [0.25, 0.3) is 0 Å². The first kappa shape index (κ1) is 41.5. The molecule has 4 atom stereocenters. The number of nitrogens with one attached hydrogen (secondary N) is 1. The van der Waals surface area contributed by atoms with Crippen LogP contribution in [-0.4, -0.2) is 37.2 Å². The van der Waals surface area contributed by atoms with Crippen LogP contribution in [0, 0.1) is 5.41 Å². The molecule has 0 radical (unpaired) electrons. The van der Waals surface area contributed by atoms with Gasteiger partial charge in [0, 0.05) is 18.6 Å². The Kier molecular flexibility index (Phi) is 30.3. The summed E-state index contributed by atoms with van der Waals surface area (Å²) in [6.07, 6.45) is 19.3. The van der Waals surface area contributed by atoms with E-state index in [-0.39, 0.29) is 81.2 Å². The van der Waals surface area contributed by atoms with E-state index in [4.69, 9.17) is 19.5 Å². The number of rotatable bonds is 23. The molecule has 0 spiro atoms. The van der Waals surface area contributed by atoms with Gasteiger partial charge in [-0.25, -0.2) is 0 Å². The number of nitrogens with zero attached hydrogens (tertiary/aromatic N) is 1. The van der Waals surface area contributed by atoms with Crippen LogP contribution in [0.25, 0.3) is 5.48 Å². The molecule has 1 N–H and O–H groups in total. The Hall–Kier alpha value is 0.386. The van der Waals surface area contributed by atoms with Crippen LogP contribution in [-0.2, 0) is 24.2 Å². The van der Waals surface area contributed by atoms with Gasteiger partial charge in [0.2, 0.25) is 0 Å². The van der Waals surface area contributed by atoms with E-state index in [0.29, 0.717) is 13.0 Å². The molecule has 1 aliphatic rings. The van der Waals surface area contributed by atoms with Crippen molar-refractivity contribution in [3.8, 4) is 0 Å². The average molecular weight is 579 g/mol. The number of hydrogen-bond donors (Lipinski definition) is 1. The molecule has 0 aromatic heterocycles. The summed E-state index contributed by atoms with van der Waals surface area (Å²) in [4.78, 5) is 33.1. The third kappa shape index (κ3) is 23.6. The first-order valence-corrected chi connectivity index (χ1v) is 15.0. The van der Waals surface area contributed by atoms with Gasteiger partial charge in [0.05, 0.1) is 0 Å². The Morgan fingerprint density at radius 2 is 1.72 bits per heavy atom. The Labute approximate surface area is 283 Å². The molecule has 1 fully saturated rings. The second-order valence-corrected chi connectivity index (χ2v) is 11.1. The first-order valence-electron chi connectivity index (χ1n) is 15.0. The van der Waals surface area contributed by atoms with Gasteiger partial charge < -0.3 is 20.0 Å². The van der Waals surface area contributed by atoms with Crippen molar-refractivity contribution in [1.82, 2.24) is 5.48 Å². The molecular formula is C31H59KN2O5. The minimum atomic E-state index is -0.0662. The van der Waals surface area contributed by atoms with Gasteiger partial charge in [-0.15, -0.1) is 13.1 Å². The summed E-state index contributed by atoms with van der Waals surface area (Å²) in [6.45, 7) is 18.5. The zero-order chi connectivity index (χ0) is 28.5. The molecule has 1 rings (SSSR count). The van der Waals surface area contributed by atoms with Gasteiger partial charge in [0.15, 0.2) is 0 Å². The van der Waals surface area contributed by atoms with Crippen molar-refractivity contribution in [2.24, 2.45) is 5.41 Å². The van der Waals surface area contributed by atoms with Crippen LogP contribution in [0.4, 0.5) is 0 Å². The van der Waals surface area contributed by atoms with Crippen LogP contribution in [0.5, 0.6) is 0 Å². The second kappa shape index (κ2) is 28.5. The number of hydrogen-bond acceptors (Lipinski definition) is 6. The standard InChI is InChI=1S/C28H53N2O5.C3H6.K/c1-6-9-10-16-25(17-13-22-31)33-29-21-14-20-28(4,5)23-24(15-7-2)30-34-26-18-11-12-19-27(26)35-32-8-3;1-3-2;/h8,22,24-27,30H,3,6-7,9-21,23H2,1-2,4-5H3;3H,1H2,2H3;/q-1;;+1. The molecule has 0 saturated heterocycles. The van der Waals surface area contributed by atoms with E-state index in [1.54, 1.807) is 6.08 Å². The quantitative estimate of drug-likeness (QED) is 0.0318. The average Bonchev–Trinajstić information content (AvgIpc) is 2.89. The van der Waals surface area contributed by atoms with Crippen LogP contribution in [0.1, 0.15) is 131 Å². The van der Waals surface area contributed by atoms with Crippen molar-refractivity contribution < 1.29 is 75.6 Å². The maximum absolute atomic E-state index is 10.7. The molecule has 0 amide bonds. The summed E-state index contributed by atoms with van der Waals surface area (Å²) in [5.41, 5.74) is 7.90. The first-order chi connectivity index (χ1) is 18.4. The van der Waals surface area contributed by atoms with Gasteiger partial charge in [-0.2, -0.15) is 10.4 Å². The number of carbonyl (C=O) groups excluding carboxylic acids is 1. The van der Waals surface area contributed by atoms with E-state index in [2.05, 4.69) is 51.8 Å². The maximum atomic E-state index is 10.7. The zero-order valence-electron chi connectivity index (χ0n) is 26.3. The molecule has 0 aliphatic heterocycles. The monoisotopic (exact) mass is 578 g/mol. The molecule has 1 aliphatic carbocycles. The molecule has 0 heterocycles. The van der Waals surface area contributed by atoms with Crippen molar-refractivity contribution >= 4 is 6.29 Å². The van der Waals surface area contributed by atoms with Crippen LogP contribution in [0.15, 0.2) is 25.5 Å². The van der Waals surface area contributed by atoms with E-state index in [1.807, 2.05) is 6.92 Å². The Morgan fingerprint density at radius 1 is 1.03 bits per heavy atom. The summed E-state index contributed by atoms with van der Waals surface area (Å²) in [6, 6.07) is 0.289. The van der Waals surface area contributed by atoms with Crippen LogP contribution in [0.2, 0.25) is 0 Å². The topological polar surface area (TPSA) is 80.1 Å². The fourth-order valence-electron chi connectivity index (χ4n) is 4.83. The molecular weight excluding hydrogens is 519 g/mol. The third-order valence-electron chi connectivity index (χ3n) is 6.77. The van der Waals surface area contributed by atoms with Crippen LogP contribution < -0.4 is 56.9 Å². The van der Waals surface area contributed by atoms with E-state index >= 15 is 0 Å². The summed E-state index contributed by atoms with van der Waals surface area (Å²) in [5.74, 6) is 0. The van der Waals surface area contributed by atoms with Gasteiger partial charge in [-0.3, -0.25) is 4.84 Å². The fourth-order valence-corrected chi connectivity index (χ4v) is 4.83. The summed E-state index contributed by atoms with van der Waals surface area (Å²) in [7, 11) is 0. The molecule has 1 saturated carbocycles. The molecule has 224 valence electrons. The zero-order valence-corrected chi connectivity index (χ0v) is 29.4. The number of allylic oxidation sites excluding steroid dienone is 1. The molecule has 0 aromatic carbocycles. The summed E-state index contributed by atoms with van der Waals surface area (Å²) >= 11 is 0. The van der Waals surface area contributed by atoms with E-state index in [0.717, 1.165) is 83.3 Å². The largest absolute Gasteiger partial charge is 1.00 e. The number of aldehydes is 1. The van der Waals surface area contributed by atoms with Crippen molar-refractivity contribution in [3.63, 3.8) is 0 Å². The number of carbonyl (C=O) groups is 1. The maximum Gasteiger partial charge on any atom is 1.00 e. The second-order valence-electron chi connectivity index (χ2n) is 11.1. The predicted octanol–water partition coefficient (Wildman–Crippen LogP) is 5.71. The summed E-state index contributed by atoms with van der Waals surface area (Å²) < 4.78 is 0. The predicted molar refractivity (Wildman–Crippen MR) is 157 cm³/mol. The Balaban J connectivity index is 0. The van der Waals surface area contributed by atoms with Gasteiger partial charge in [-0.1, -0.05) is 85.3 Å². The number of hydroxylamine groups is 2. The third-order valence-corrected chi connectivity index (χ3v) is 6.77. The van der Waals surface area contributed by atoms with Crippen molar-refractivity contribution in [3.05, 3.63) is 31.0 Å². The van der Waals surface area contributed by atoms with Crippen LogP contribution >= 0.6 is 0 Å². The minimum absolute atomic E-state index is 0. The normalized spacial score (nSPS) is 18.6. The number of unbranched alkanes of at least 4 members (excludes halogenated alkanes) is 2. The van der Waals surface area contributed by atoms with Crippen molar-refractivity contribution in [2.75, 3.05) is 6.54 Å². The van der Waals surface area contributed by atoms with Crippen molar-refractivity contribution in [2.45, 2.75) is 155 Å². The van der Waals surface area contributed by atoms with Gasteiger partial charge >= 0.3 is 51.4 Å². The smallest absolute Gasteiger partial charge is 0.534 e. The molecule has 0 bridgehead atoms. The van der Waals surface area contributed by atoms with Gasteiger partial charge in [0.1, 0.15) is 24.8 Å². The Bertz CT molecular complexity index is 579. The molecule has 0 aromatic rings. The molecule has 7 nitrogen and oxygen atoms in total. The van der Waals surface area contributed by atoms with E-state index < -0.39 is 0 Å². The SMILES string of the molecule is C=CC.C=COOC1CCCCC1ONC(CCC)CC(C)(C)CCC[N-]OC(CCC=O)CCCCC.[K+]. The van der Waals surface area contributed by atoms with Crippen molar-refractivity contribution in [1.29, 1.82) is 0 Å². The molecule has 39 heavy (non-hydrogen) atoms.